The first-order chi connectivity index (χ1) is 6.79. The van der Waals surface area contributed by atoms with Crippen molar-refractivity contribution in [2.75, 3.05) is 19.6 Å². The minimum atomic E-state index is -0.415. The van der Waals surface area contributed by atoms with Crippen molar-refractivity contribution in [3.63, 3.8) is 0 Å². The van der Waals surface area contributed by atoms with Crippen LogP contribution in [0.3, 0.4) is 0 Å². The topological polar surface area (TPSA) is 32.8 Å². The third-order valence-corrected chi connectivity index (χ3v) is 2.42. The van der Waals surface area contributed by atoms with Gasteiger partial charge in [0.05, 0.1) is 0 Å². The van der Waals surface area contributed by atoms with Crippen LogP contribution >= 0.6 is 0 Å². The molecule has 0 spiro atoms. The third kappa shape index (κ3) is 5.47. The van der Waals surface area contributed by atoms with Gasteiger partial charge in [-0.3, -0.25) is 7.05 Å². The van der Waals surface area contributed by atoms with Crippen molar-refractivity contribution >= 4 is 6.09 Å². The first kappa shape index (κ1) is 16.9. The van der Waals surface area contributed by atoms with Gasteiger partial charge in [0, 0.05) is 13.1 Å². The summed E-state index contributed by atoms with van der Waals surface area (Å²) >= 11 is 0. The zero-order chi connectivity index (χ0) is 11.6. The van der Waals surface area contributed by atoms with Crippen LogP contribution in [0.1, 0.15) is 27.7 Å². The molecule has 0 aromatic carbocycles. The molecule has 0 saturated carbocycles. The largest absolute Gasteiger partial charge is 1.00 e. The van der Waals surface area contributed by atoms with Gasteiger partial charge in [-0.15, -0.1) is 0 Å². The minimum Gasteiger partial charge on any atom is -0.454 e. The van der Waals surface area contributed by atoms with Crippen molar-refractivity contribution in [2.45, 2.75) is 39.3 Å². The zero-order valence-corrected chi connectivity index (χ0v) is 14.2. The first-order valence-electron chi connectivity index (χ1n) is 5.34. The molecule has 16 heavy (non-hydrogen) atoms. The molecule has 0 unspecified atom stereocenters. The Hall–Kier alpha value is 0.866. The number of amides is 1. The molecule has 1 heterocycles. The smallest absolute Gasteiger partial charge is 0.454 e. The Kier molecular flexibility index (Phi) is 7.07. The Labute approximate surface area is 141 Å². The van der Waals surface area contributed by atoms with E-state index in [1.54, 1.807) is 4.90 Å². The maximum Gasteiger partial charge on any atom is 1.00 e. The van der Waals surface area contributed by atoms with E-state index in [9.17, 15) is 4.79 Å². The fourth-order valence-corrected chi connectivity index (χ4v) is 1.49. The number of piperazine rings is 1. The molecule has 1 amide bonds. The summed E-state index contributed by atoms with van der Waals surface area (Å²) in [6, 6.07) is 0.297. The summed E-state index contributed by atoms with van der Waals surface area (Å²) in [6.45, 7) is 9.90. The molecule has 1 saturated heterocycles. The van der Waals surface area contributed by atoms with Gasteiger partial charge in [-0.25, -0.2) is 4.79 Å². The molecular weight excluding hydrogens is 231 g/mol. The molecule has 4 nitrogen and oxygen atoms in total. The Balaban J connectivity index is 0.00000225. The number of ether oxygens (including phenoxy) is 1. The van der Waals surface area contributed by atoms with Gasteiger partial charge in [0.2, 0.25) is 0 Å². The zero-order valence-electron chi connectivity index (χ0n) is 11.1. The van der Waals surface area contributed by atoms with Crippen LogP contribution in [0.5, 0.6) is 0 Å². The van der Waals surface area contributed by atoms with Gasteiger partial charge in [-0.1, -0.05) is 6.92 Å². The predicted octanol–water partition coefficient (Wildman–Crippen LogP) is -1.28. The van der Waals surface area contributed by atoms with Crippen LogP contribution < -0.4 is 51.4 Å². The van der Waals surface area contributed by atoms with Crippen molar-refractivity contribution in [3.8, 4) is 0 Å². The van der Waals surface area contributed by atoms with E-state index in [1.165, 1.54) is 0 Å². The molecule has 0 radical (unpaired) electrons. The van der Waals surface area contributed by atoms with Crippen LogP contribution in [-0.4, -0.2) is 47.2 Å². The summed E-state index contributed by atoms with van der Waals surface area (Å²) in [6.07, 6.45) is -0.220. The average Bonchev–Trinajstić information content (AvgIpc) is 2.06. The molecule has 0 bridgehead atoms. The molecule has 1 fully saturated rings. The van der Waals surface area contributed by atoms with Gasteiger partial charge >= 0.3 is 57.5 Å². The van der Waals surface area contributed by atoms with Crippen LogP contribution in [-0.2, 0) is 4.74 Å². The summed E-state index contributed by atoms with van der Waals surface area (Å²) in [7, 11) is 3.90. The van der Waals surface area contributed by atoms with Gasteiger partial charge < -0.3 is 14.5 Å². The molecule has 1 aliphatic heterocycles. The first-order valence-corrected chi connectivity index (χ1v) is 5.34. The fourth-order valence-electron chi connectivity index (χ4n) is 1.49. The molecule has 0 N–H and O–H groups in total. The van der Waals surface area contributed by atoms with Crippen LogP contribution in [0, 0.1) is 7.05 Å². The SMILES string of the molecule is [CH2-]N1CCN(C(=O)OC(C)(C)C)C[C@@H]1C.[K+]. The summed E-state index contributed by atoms with van der Waals surface area (Å²) in [4.78, 5) is 15.5. The number of carbonyl (C=O) groups excluding carboxylic acids is 1. The Morgan fingerprint density at radius 2 is 1.94 bits per heavy atom. The molecule has 0 aromatic heterocycles. The summed E-state index contributed by atoms with van der Waals surface area (Å²) in [5, 5.41) is 0. The van der Waals surface area contributed by atoms with E-state index in [-0.39, 0.29) is 57.5 Å². The maximum atomic E-state index is 11.7. The van der Waals surface area contributed by atoms with Gasteiger partial charge in [-0.2, -0.15) is 0 Å². The van der Waals surface area contributed by atoms with E-state index in [2.05, 4.69) is 14.0 Å². The second-order valence-corrected chi connectivity index (χ2v) is 5.09. The molecule has 1 aliphatic rings. The third-order valence-electron chi connectivity index (χ3n) is 2.42. The number of nitrogens with zero attached hydrogens (tertiary/aromatic N) is 2. The second-order valence-electron chi connectivity index (χ2n) is 5.09. The minimum absolute atomic E-state index is 0. The fraction of sp³-hybridized carbons (Fsp3) is 0.818. The molecule has 5 heteroatoms. The average molecular weight is 252 g/mol. The number of rotatable bonds is 0. The number of carbonyl (C=O) groups is 1. The van der Waals surface area contributed by atoms with Crippen LogP contribution in [0.2, 0.25) is 0 Å². The summed E-state index contributed by atoms with van der Waals surface area (Å²) in [5.41, 5.74) is -0.415. The van der Waals surface area contributed by atoms with Gasteiger partial charge in [0.15, 0.2) is 0 Å². The monoisotopic (exact) mass is 252 g/mol. The molecule has 0 aromatic rings. The normalized spacial score (nSPS) is 22.6. The van der Waals surface area contributed by atoms with E-state index in [4.69, 9.17) is 4.74 Å². The molecule has 1 rings (SSSR count). The predicted molar refractivity (Wildman–Crippen MR) is 59.3 cm³/mol. The van der Waals surface area contributed by atoms with Crippen LogP contribution in [0.4, 0.5) is 4.79 Å². The summed E-state index contributed by atoms with van der Waals surface area (Å²) < 4.78 is 5.31. The second kappa shape index (κ2) is 6.71. The van der Waals surface area contributed by atoms with E-state index < -0.39 is 5.60 Å². The molecular formula is C11H21KN2O2. The van der Waals surface area contributed by atoms with Crippen LogP contribution in [0.15, 0.2) is 0 Å². The quantitative estimate of drug-likeness (QED) is 0.398. The summed E-state index contributed by atoms with van der Waals surface area (Å²) in [5.74, 6) is 0. The molecule has 0 aliphatic carbocycles. The van der Waals surface area contributed by atoms with Crippen molar-refractivity contribution in [1.82, 2.24) is 9.80 Å². The Morgan fingerprint density at radius 3 is 2.38 bits per heavy atom. The van der Waals surface area contributed by atoms with E-state index in [0.29, 0.717) is 19.1 Å². The van der Waals surface area contributed by atoms with Crippen molar-refractivity contribution in [1.29, 1.82) is 0 Å². The van der Waals surface area contributed by atoms with Gasteiger partial charge in [0.25, 0.3) is 0 Å². The van der Waals surface area contributed by atoms with Crippen LogP contribution in [0.25, 0.3) is 0 Å². The molecule has 1 atom stereocenters. The molecule has 88 valence electrons. The Bertz CT molecular complexity index is 241. The van der Waals surface area contributed by atoms with Crippen molar-refractivity contribution in [2.24, 2.45) is 0 Å². The standard InChI is InChI=1S/C11H21N2O2.K/c1-9-8-13(7-6-12(9)5)10(14)15-11(2,3)4;/h9H,5-8H2,1-4H3;/q-1;+1/t9-;/m0./s1. The number of hydrogen-bond donors (Lipinski definition) is 0. The van der Waals surface area contributed by atoms with Gasteiger partial charge in [-0.05, 0) is 33.4 Å². The van der Waals surface area contributed by atoms with Crippen molar-refractivity contribution in [3.05, 3.63) is 7.05 Å². The van der Waals surface area contributed by atoms with E-state index in [0.717, 1.165) is 6.54 Å². The van der Waals surface area contributed by atoms with Gasteiger partial charge in [0.1, 0.15) is 5.60 Å². The van der Waals surface area contributed by atoms with E-state index >= 15 is 0 Å². The maximum absolute atomic E-state index is 11.7. The van der Waals surface area contributed by atoms with E-state index in [1.807, 2.05) is 25.7 Å². The van der Waals surface area contributed by atoms with Crippen molar-refractivity contribution < 1.29 is 60.9 Å². The Morgan fingerprint density at radius 1 is 1.38 bits per heavy atom. The number of hydrogen-bond acceptors (Lipinski definition) is 3.